The van der Waals surface area contributed by atoms with Crippen molar-refractivity contribution in [2.24, 2.45) is 4.99 Å². The van der Waals surface area contributed by atoms with Crippen LogP contribution in [0.1, 0.15) is 24.3 Å². The lowest BCUT2D eigenvalue weighted by molar-refractivity contribution is 0.370. The molecule has 1 aliphatic heterocycles. The number of nitriles is 1. The molecule has 0 atom stereocenters. The number of hydrogen-bond donors (Lipinski definition) is 1. The Morgan fingerprint density at radius 1 is 1.22 bits per heavy atom. The lowest BCUT2D eigenvalue weighted by Gasteiger charge is -2.37. The van der Waals surface area contributed by atoms with Gasteiger partial charge >= 0.3 is 0 Å². The van der Waals surface area contributed by atoms with Crippen LogP contribution in [0, 0.1) is 11.3 Å². The maximum atomic E-state index is 9.05. The number of nitrogens with zero attached hydrogens (tertiary/aromatic N) is 5. The summed E-state index contributed by atoms with van der Waals surface area (Å²) in [7, 11) is 0. The van der Waals surface area contributed by atoms with Crippen molar-refractivity contribution in [2.75, 3.05) is 37.6 Å². The average Bonchev–Trinajstić information content (AvgIpc) is 3.39. The standard InChI is InChI=1S/C20H24N6O/c21-15-17-3-1-5-19(23-17)25-10-12-26(13-11-25)20(24-16-6-7-16)22-9-8-18-4-2-14-27-18/h1-5,14,16H,6-13H2,(H,22,24). The first-order valence-corrected chi connectivity index (χ1v) is 9.52. The van der Waals surface area contributed by atoms with Crippen molar-refractivity contribution in [3.8, 4) is 6.07 Å². The molecule has 7 nitrogen and oxygen atoms in total. The highest BCUT2D eigenvalue weighted by Crippen LogP contribution is 2.20. The molecule has 0 bridgehead atoms. The second-order valence-corrected chi connectivity index (χ2v) is 6.92. The van der Waals surface area contributed by atoms with E-state index < -0.39 is 0 Å². The summed E-state index contributed by atoms with van der Waals surface area (Å²) in [4.78, 5) is 13.8. The van der Waals surface area contributed by atoms with Crippen LogP contribution in [-0.2, 0) is 6.42 Å². The van der Waals surface area contributed by atoms with Gasteiger partial charge in [0.1, 0.15) is 23.3 Å². The highest BCUT2D eigenvalue weighted by Gasteiger charge is 2.27. The summed E-state index contributed by atoms with van der Waals surface area (Å²) < 4.78 is 5.40. The van der Waals surface area contributed by atoms with E-state index in [1.807, 2.05) is 24.3 Å². The minimum absolute atomic E-state index is 0.463. The number of aliphatic imine (C=N–C) groups is 1. The highest BCUT2D eigenvalue weighted by atomic mass is 16.3. The number of piperazine rings is 1. The molecule has 1 saturated carbocycles. The van der Waals surface area contributed by atoms with Crippen LogP contribution < -0.4 is 10.2 Å². The Morgan fingerprint density at radius 3 is 2.78 bits per heavy atom. The smallest absolute Gasteiger partial charge is 0.194 e. The zero-order chi connectivity index (χ0) is 18.5. The zero-order valence-electron chi connectivity index (χ0n) is 15.3. The summed E-state index contributed by atoms with van der Waals surface area (Å²) in [5.41, 5.74) is 0.463. The number of nitrogens with one attached hydrogen (secondary N) is 1. The molecule has 0 radical (unpaired) electrons. The van der Waals surface area contributed by atoms with Crippen molar-refractivity contribution in [3.63, 3.8) is 0 Å². The Labute approximate surface area is 159 Å². The van der Waals surface area contributed by atoms with E-state index in [9.17, 15) is 0 Å². The minimum atomic E-state index is 0.463. The molecule has 4 rings (SSSR count). The van der Waals surface area contributed by atoms with Gasteiger partial charge in [-0.25, -0.2) is 4.98 Å². The number of rotatable bonds is 5. The van der Waals surface area contributed by atoms with Gasteiger partial charge in [-0.3, -0.25) is 4.99 Å². The van der Waals surface area contributed by atoms with Crippen molar-refractivity contribution in [1.29, 1.82) is 5.26 Å². The fourth-order valence-electron chi connectivity index (χ4n) is 3.18. The molecular weight excluding hydrogens is 340 g/mol. The van der Waals surface area contributed by atoms with Crippen molar-refractivity contribution in [1.82, 2.24) is 15.2 Å². The Hall–Kier alpha value is -3.01. The largest absolute Gasteiger partial charge is 0.469 e. The van der Waals surface area contributed by atoms with Crippen LogP contribution in [0.2, 0.25) is 0 Å². The van der Waals surface area contributed by atoms with Crippen LogP contribution in [0.4, 0.5) is 5.82 Å². The van der Waals surface area contributed by atoms with Gasteiger partial charge in [0.15, 0.2) is 5.96 Å². The molecule has 2 aliphatic rings. The lowest BCUT2D eigenvalue weighted by atomic mass is 10.3. The summed E-state index contributed by atoms with van der Waals surface area (Å²) in [6.45, 7) is 4.22. The molecule has 27 heavy (non-hydrogen) atoms. The third kappa shape index (κ3) is 4.59. The van der Waals surface area contributed by atoms with Crippen molar-refractivity contribution in [3.05, 3.63) is 48.0 Å². The van der Waals surface area contributed by atoms with Crippen LogP contribution in [0.3, 0.4) is 0 Å². The Morgan fingerprint density at radius 2 is 2.07 bits per heavy atom. The van der Waals surface area contributed by atoms with Crippen LogP contribution >= 0.6 is 0 Å². The van der Waals surface area contributed by atoms with Crippen LogP contribution in [0.15, 0.2) is 46.0 Å². The number of furan rings is 1. The molecule has 1 N–H and O–H groups in total. The number of guanidine groups is 1. The van der Waals surface area contributed by atoms with Gasteiger partial charge in [-0.15, -0.1) is 0 Å². The first-order valence-electron chi connectivity index (χ1n) is 9.52. The lowest BCUT2D eigenvalue weighted by Crippen LogP contribution is -2.53. The maximum Gasteiger partial charge on any atom is 0.194 e. The van der Waals surface area contributed by atoms with Crippen LogP contribution in [0.5, 0.6) is 0 Å². The molecule has 2 fully saturated rings. The molecular formula is C20H24N6O. The van der Waals surface area contributed by atoms with Crippen LogP contribution in [-0.4, -0.2) is 54.6 Å². The normalized spacial score (nSPS) is 17.7. The van der Waals surface area contributed by atoms with Gasteiger partial charge in [0.25, 0.3) is 0 Å². The molecule has 1 aliphatic carbocycles. The van der Waals surface area contributed by atoms with Crippen LogP contribution in [0.25, 0.3) is 0 Å². The summed E-state index contributed by atoms with van der Waals surface area (Å²) >= 11 is 0. The molecule has 1 saturated heterocycles. The summed E-state index contributed by atoms with van der Waals surface area (Å²) in [5.74, 6) is 2.85. The van der Waals surface area contributed by atoms with Gasteiger partial charge in [-0.2, -0.15) is 5.26 Å². The minimum Gasteiger partial charge on any atom is -0.469 e. The summed E-state index contributed by atoms with van der Waals surface area (Å²) in [6, 6.07) is 12.2. The zero-order valence-corrected chi connectivity index (χ0v) is 15.3. The predicted molar refractivity (Wildman–Crippen MR) is 104 cm³/mol. The molecule has 2 aromatic rings. The van der Waals surface area contributed by atoms with E-state index in [1.54, 1.807) is 12.3 Å². The molecule has 140 valence electrons. The molecule has 0 spiro atoms. The Kier molecular flexibility index (Phi) is 5.24. The van der Waals surface area contributed by atoms with Gasteiger partial charge in [0.2, 0.25) is 0 Å². The second-order valence-electron chi connectivity index (χ2n) is 6.92. The number of aromatic nitrogens is 1. The number of hydrogen-bond acceptors (Lipinski definition) is 5. The average molecular weight is 364 g/mol. The first kappa shape index (κ1) is 17.4. The monoisotopic (exact) mass is 364 g/mol. The fourth-order valence-corrected chi connectivity index (χ4v) is 3.18. The van der Waals surface area contributed by atoms with Gasteiger partial charge in [-0.1, -0.05) is 6.07 Å². The van der Waals surface area contributed by atoms with E-state index in [2.05, 4.69) is 26.2 Å². The molecule has 3 heterocycles. The fraction of sp³-hybridized carbons (Fsp3) is 0.450. The van der Waals surface area contributed by atoms with E-state index in [0.29, 0.717) is 18.3 Å². The van der Waals surface area contributed by atoms with E-state index >= 15 is 0 Å². The van der Waals surface area contributed by atoms with Gasteiger partial charge in [0, 0.05) is 45.2 Å². The quantitative estimate of drug-likeness (QED) is 0.646. The van der Waals surface area contributed by atoms with E-state index in [0.717, 1.165) is 50.1 Å². The van der Waals surface area contributed by atoms with Gasteiger partial charge < -0.3 is 19.5 Å². The third-order valence-corrected chi connectivity index (χ3v) is 4.86. The molecule has 7 heteroatoms. The molecule has 2 aromatic heterocycles. The van der Waals surface area contributed by atoms with E-state index in [4.69, 9.17) is 14.7 Å². The number of anilines is 1. The summed E-state index contributed by atoms with van der Waals surface area (Å²) in [6.07, 6.45) is 4.97. The third-order valence-electron chi connectivity index (χ3n) is 4.86. The van der Waals surface area contributed by atoms with Gasteiger partial charge in [-0.05, 0) is 37.1 Å². The first-order chi connectivity index (χ1) is 13.3. The van der Waals surface area contributed by atoms with Crippen molar-refractivity contribution in [2.45, 2.75) is 25.3 Å². The molecule has 0 unspecified atom stereocenters. The Balaban J connectivity index is 1.36. The Bertz CT molecular complexity index is 813. The van der Waals surface area contributed by atoms with Crippen molar-refractivity contribution >= 4 is 11.8 Å². The number of pyridine rings is 1. The van der Waals surface area contributed by atoms with Gasteiger partial charge in [0.05, 0.1) is 6.26 Å². The van der Waals surface area contributed by atoms with Crippen molar-refractivity contribution < 1.29 is 4.42 Å². The maximum absolute atomic E-state index is 9.05. The second kappa shape index (κ2) is 8.12. The SMILES string of the molecule is N#Cc1cccc(N2CCN(C(=NCCc3ccco3)NC3CC3)CC2)n1. The predicted octanol–water partition coefficient (Wildman–Crippen LogP) is 2.02. The van der Waals surface area contributed by atoms with E-state index in [-0.39, 0.29) is 0 Å². The molecule has 0 amide bonds. The molecule has 0 aromatic carbocycles. The van der Waals surface area contributed by atoms with E-state index in [1.165, 1.54) is 12.8 Å². The topological polar surface area (TPSA) is 80.7 Å². The summed E-state index contributed by atoms with van der Waals surface area (Å²) in [5, 5.41) is 12.6. The highest BCUT2D eigenvalue weighted by molar-refractivity contribution is 5.81.